The second-order valence-corrected chi connectivity index (χ2v) is 2.98. The number of hydrogen-bond donors (Lipinski definition) is 0. The van der Waals surface area contributed by atoms with E-state index < -0.39 is 0 Å². The molecular formula is C11H15N. The lowest BCUT2D eigenvalue weighted by Crippen LogP contribution is -1.93. The van der Waals surface area contributed by atoms with Crippen LogP contribution < -0.4 is 0 Å². The van der Waals surface area contributed by atoms with Crippen LogP contribution in [0.3, 0.4) is 0 Å². The minimum absolute atomic E-state index is 1.15. The quantitative estimate of drug-likeness (QED) is 0.628. The molecule has 1 aromatic heterocycles. The predicted octanol–water partition coefficient (Wildman–Crippen LogP) is 2.93. The van der Waals surface area contributed by atoms with Gasteiger partial charge in [-0.1, -0.05) is 19.2 Å². The van der Waals surface area contributed by atoms with Crippen molar-refractivity contribution in [2.75, 3.05) is 0 Å². The second-order valence-electron chi connectivity index (χ2n) is 2.98. The van der Waals surface area contributed by atoms with Crippen molar-refractivity contribution < 1.29 is 0 Å². The monoisotopic (exact) mass is 161 g/mol. The van der Waals surface area contributed by atoms with Crippen LogP contribution in [0.1, 0.15) is 22.5 Å². The molecular weight excluding hydrogens is 146 g/mol. The van der Waals surface area contributed by atoms with Gasteiger partial charge in [0.25, 0.3) is 0 Å². The molecule has 0 N–H and O–H groups in total. The van der Waals surface area contributed by atoms with E-state index in [4.69, 9.17) is 0 Å². The molecule has 0 fully saturated rings. The predicted molar refractivity (Wildman–Crippen MR) is 55.1 cm³/mol. The van der Waals surface area contributed by atoms with Gasteiger partial charge in [-0.05, 0) is 25.5 Å². The van der Waals surface area contributed by atoms with E-state index in [0.717, 1.165) is 5.69 Å². The van der Waals surface area contributed by atoms with Crippen LogP contribution in [0.5, 0.6) is 0 Å². The van der Waals surface area contributed by atoms with Gasteiger partial charge in [-0.15, -0.1) is 0 Å². The summed E-state index contributed by atoms with van der Waals surface area (Å²) in [5.41, 5.74) is 4.92. The molecule has 64 valence electrons. The van der Waals surface area contributed by atoms with Gasteiger partial charge in [-0.3, -0.25) is 0 Å². The normalized spacial score (nSPS) is 9.92. The van der Waals surface area contributed by atoms with Crippen molar-refractivity contribution in [1.82, 2.24) is 4.57 Å². The molecule has 0 unspecified atom stereocenters. The number of hydrogen-bond acceptors (Lipinski definition) is 0. The maximum Gasteiger partial charge on any atom is 0.0476 e. The van der Waals surface area contributed by atoms with Gasteiger partial charge in [0.2, 0.25) is 0 Å². The molecule has 0 saturated carbocycles. The average Bonchev–Trinajstić information content (AvgIpc) is 2.29. The lowest BCUT2D eigenvalue weighted by molar-refractivity contribution is 0.866. The Hall–Kier alpha value is -1.24. The van der Waals surface area contributed by atoms with Crippen molar-refractivity contribution >= 4 is 12.2 Å². The van der Waals surface area contributed by atoms with E-state index in [1.54, 1.807) is 0 Å². The zero-order valence-corrected chi connectivity index (χ0v) is 8.02. The molecule has 1 nitrogen and oxygen atoms in total. The van der Waals surface area contributed by atoms with Crippen molar-refractivity contribution in [3.8, 4) is 0 Å². The van der Waals surface area contributed by atoms with Crippen molar-refractivity contribution in [3.63, 3.8) is 0 Å². The molecule has 0 aliphatic heterocycles. The zero-order valence-electron chi connectivity index (χ0n) is 8.02. The Labute approximate surface area is 74.0 Å². The molecule has 1 aromatic rings. The number of nitrogens with zero attached hydrogens (tertiary/aromatic N) is 1. The van der Waals surface area contributed by atoms with Gasteiger partial charge >= 0.3 is 0 Å². The summed E-state index contributed by atoms with van der Waals surface area (Å²) in [5, 5.41) is 0. The lowest BCUT2D eigenvalue weighted by atomic mass is 10.1. The first-order valence-corrected chi connectivity index (χ1v) is 4.04. The van der Waals surface area contributed by atoms with Gasteiger partial charge in [-0.25, -0.2) is 0 Å². The largest absolute Gasteiger partial charge is 0.348 e. The maximum atomic E-state index is 3.79. The van der Waals surface area contributed by atoms with Crippen LogP contribution in [0.25, 0.3) is 12.2 Å². The first kappa shape index (κ1) is 8.85. The van der Waals surface area contributed by atoms with Crippen LogP contribution in [0.4, 0.5) is 0 Å². The SMILES string of the molecule is C=Cc1c(C)c(C)n(C)c1C=C. The van der Waals surface area contributed by atoms with Gasteiger partial charge in [0.05, 0.1) is 0 Å². The Balaban J connectivity index is 3.54. The first-order chi connectivity index (χ1) is 5.63. The molecule has 0 atom stereocenters. The number of aromatic nitrogens is 1. The summed E-state index contributed by atoms with van der Waals surface area (Å²) in [6, 6.07) is 0. The molecule has 0 radical (unpaired) electrons. The molecule has 1 heteroatoms. The van der Waals surface area contributed by atoms with Crippen molar-refractivity contribution in [3.05, 3.63) is 35.7 Å². The van der Waals surface area contributed by atoms with Gasteiger partial charge in [0.1, 0.15) is 0 Å². The fourth-order valence-electron chi connectivity index (χ4n) is 1.50. The fraction of sp³-hybridized carbons (Fsp3) is 0.273. The van der Waals surface area contributed by atoms with Gasteiger partial charge in [-0.2, -0.15) is 0 Å². The molecule has 1 rings (SSSR count). The van der Waals surface area contributed by atoms with Crippen LogP contribution in [-0.4, -0.2) is 4.57 Å². The highest BCUT2D eigenvalue weighted by atomic mass is 15.0. The van der Waals surface area contributed by atoms with E-state index in [2.05, 4.69) is 31.6 Å². The molecule has 0 amide bonds. The van der Waals surface area contributed by atoms with E-state index in [1.807, 2.05) is 19.2 Å². The minimum Gasteiger partial charge on any atom is -0.348 e. The topological polar surface area (TPSA) is 4.93 Å². The molecule has 1 heterocycles. The van der Waals surface area contributed by atoms with Gasteiger partial charge in [0.15, 0.2) is 0 Å². The Kier molecular flexibility index (Phi) is 2.22. The maximum absolute atomic E-state index is 3.79. The van der Waals surface area contributed by atoms with E-state index in [0.29, 0.717) is 0 Å². The zero-order chi connectivity index (χ0) is 9.30. The molecule has 12 heavy (non-hydrogen) atoms. The summed E-state index contributed by atoms with van der Waals surface area (Å²) in [5.74, 6) is 0. The second kappa shape index (κ2) is 3.02. The highest BCUT2D eigenvalue weighted by Crippen LogP contribution is 2.22. The van der Waals surface area contributed by atoms with Crippen LogP contribution in [0.15, 0.2) is 13.2 Å². The van der Waals surface area contributed by atoms with Gasteiger partial charge in [0, 0.05) is 24.0 Å². The Morgan fingerprint density at radius 2 is 1.75 bits per heavy atom. The molecule has 0 saturated heterocycles. The van der Waals surface area contributed by atoms with Crippen molar-refractivity contribution in [2.45, 2.75) is 13.8 Å². The van der Waals surface area contributed by atoms with E-state index in [-0.39, 0.29) is 0 Å². The Morgan fingerprint density at radius 1 is 1.17 bits per heavy atom. The average molecular weight is 161 g/mol. The molecule has 0 aliphatic rings. The lowest BCUT2D eigenvalue weighted by Gasteiger charge is -1.99. The highest BCUT2D eigenvalue weighted by Gasteiger charge is 2.09. The Bertz CT molecular complexity index is 298. The molecule has 0 aliphatic carbocycles. The molecule has 0 aromatic carbocycles. The summed E-state index contributed by atoms with van der Waals surface area (Å²) in [4.78, 5) is 0. The van der Waals surface area contributed by atoms with Crippen LogP contribution in [0, 0.1) is 13.8 Å². The number of rotatable bonds is 2. The highest BCUT2D eigenvalue weighted by molar-refractivity contribution is 5.66. The fourth-order valence-corrected chi connectivity index (χ4v) is 1.50. The third kappa shape index (κ3) is 1.02. The van der Waals surface area contributed by atoms with Crippen molar-refractivity contribution in [2.24, 2.45) is 7.05 Å². The smallest absolute Gasteiger partial charge is 0.0476 e. The van der Waals surface area contributed by atoms with Crippen LogP contribution in [0.2, 0.25) is 0 Å². The van der Waals surface area contributed by atoms with Crippen LogP contribution in [-0.2, 0) is 7.05 Å². The van der Waals surface area contributed by atoms with E-state index in [1.165, 1.54) is 16.8 Å². The Morgan fingerprint density at radius 3 is 2.08 bits per heavy atom. The third-order valence-electron chi connectivity index (χ3n) is 2.48. The molecule has 0 spiro atoms. The van der Waals surface area contributed by atoms with E-state index in [9.17, 15) is 0 Å². The summed E-state index contributed by atoms with van der Waals surface area (Å²) in [7, 11) is 2.05. The van der Waals surface area contributed by atoms with Crippen LogP contribution >= 0.6 is 0 Å². The summed E-state index contributed by atoms with van der Waals surface area (Å²) < 4.78 is 2.14. The third-order valence-corrected chi connectivity index (χ3v) is 2.48. The molecule has 0 bridgehead atoms. The first-order valence-electron chi connectivity index (χ1n) is 4.04. The van der Waals surface area contributed by atoms with Crippen molar-refractivity contribution in [1.29, 1.82) is 0 Å². The summed E-state index contributed by atoms with van der Waals surface area (Å²) in [6.45, 7) is 11.8. The standard InChI is InChI=1S/C11H15N/c1-6-10-8(3)9(4)12(5)11(10)7-2/h6-7H,1-2H2,3-5H3. The summed E-state index contributed by atoms with van der Waals surface area (Å²) in [6.07, 6.45) is 3.76. The minimum atomic E-state index is 1.15. The summed E-state index contributed by atoms with van der Waals surface area (Å²) >= 11 is 0. The van der Waals surface area contributed by atoms with Gasteiger partial charge < -0.3 is 4.57 Å². The van der Waals surface area contributed by atoms with E-state index >= 15 is 0 Å².